The fourth-order valence-corrected chi connectivity index (χ4v) is 0.870. The van der Waals surface area contributed by atoms with Gasteiger partial charge in [0.05, 0.1) is 0 Å². The summed E-state index contributed by atoms with van der Waals surface area (Å²) in [5.74, 6) is -0.226. The van der Waals surface area contributed by atoms with Crippen molar-refractivity contribution >= 4 is 5.78 Å². The second kappa shape index (κ2) is 6.38. The number of rotatable bonds is 2. The van der Waals surface area contributed by atoms with Crippen molar-refractivity contribution in [3.05, 3.63) is 35.9 Å². The van der Waals surface area contributed by atoms with Gasteiger partial charge in [0, 0.05) is 0 Å². The topological polar surface area (TPSA) is 37.3 Å². The van der Waals surface area contributed by atoms with E-state index < -0.39 is 6.10 Å². The summed E-state index contributed by atoms with van der Waals surface area (Å²) in [6, 6.07) is 8.89. The molecule has 1 N–H and O–H groups in total. The Labute approximate surface area is 79.2 Å². The van der Waals surface area contributed by atoms with E-state index in [1.165, 1.54) is 6.92 Å². The lowest BCUT2D eigenvalue weighted by molar-refractivity contribution is -0.125. The lowest BCUT2D eigenvalue weighted by Gasteiger charge is -2.04. The highest BCUT2D eigenvalue weighted by molar-refractivity contribution is 5.81. The molecule has 0 aliphatic heterocycles. The molecule has 0 heterocycles. The van der Waals surface area contributed by atoms with Gasteiger partial charge in [0.2, 0.25) is 0 Å². The summed E-state index contributed by atoms with van der Waals surface area (Å²) in [5, 5.41) is 9.25. The van der Waals surface area contributed by atoms with Crippen molar-refractivity contribution in [3.63, 3.8) is 0 Å². The largest absolute Gasteiger partial charge is 0.381 e. The second-order valence-corrected chi connectivity index (χ2v) is 2.42. The van der Waals surface area contributed by atoms with Crippen LogP contribution in [0.2, 0.25) is 0 Å². The fraction of sp³-hybridized carbons (Fsp3) is 0.364. The maximum absolute atomic E-state index is 10.7. The lowest BCUT2D eigenvalue weighted by atomic mass is 10.1. The molecule has 1 aromatic carbocycles. The van der Waals surface area contributed by atoms with Crippen LogP contribution in [0.1, 0.15) is 32.4 Å². The molecule has 13 heavy (non-hydrogen) atoms. The number of aliphatic hydroxyl groups is 1. The number of Topliss-reactive ketones (excluding diaryl/α,β-unsaturated/α-hetero) is 1. The van der Waals surface area contributed by atoms with Crippen LogP contribution in [0.5, 0.6) is 0 Å². The molecule has 2 heteroatoms. The minimum atomic E-state index is -0.962. The van der Waals surface area contributed by atoms with Crippen LogP contribution in [0.15, 0.2) is 30.3 Å². The van der Waals surface area contributed by atoms with Gasteiger partial charge in [-0.1, -0.05) is 44.2 Å². The Bertz CT molecular complexity index is 242. The molecule has 1 aromatic rings. The molecule has 0 aromatic heterocycles. The fourth-order valence-electron chi connectivity index (χ4n) is 0.870. The van der Waals surface area contributed by atoms with Crippen molar-refractivity contribution in [2.24, 2.45) is 0 Å². The molecule has 2 nitrogen and oxygen atoms in total. The molecule has 1 rings (SSSR count). The van der Waals surface area contributed by atoms with E-state index in [0.29, 0.717) is 5.56 Å². The van der Waals surface area contributed by atoms with Crippen LogP contribution >= 0.6 is 0 Å². The Hall–Kier alpha value is -1.15. The van der Waals surface area contributed by atoms with Crippen LogP contribution in [0.3, 0.4) is 0 Å². The molecule has 1 atom stereocenters. The molecular weight excluding hydrogens is 164 g/mol. The van der Waals surface area contributed by atoms with Crippen molar-refractivity contribution in [2.45, 2.75) is 26.9 Å². The van der Waals surface area contributed by atoms with E-state index in [0.717, 1.165) is 0 Å². The molecule has 0 spiro atoms. The summed E-state index contributed by atoms with van der Waals surface area (Å²) in [5.41, 5.74) is 0.653. The first kappa shape index (κ1) is 11.8. The third-order valence-electron chi connectivity index (χ3n) is 1.50. The molecule has 0 aliphatic carbocycles. The first-order valence-corrected chi connectivity index (χ1v) is 4.45. The monoisotopic (exact) mass is 180 g/mol. The minimum absolute atomic E-state index is 0.226. The predicted molar refractivity (Wildman–Crippen MR) is 53.4 cm³/mol. The standard InChI is InChI=1S/C9H10O2.C2H6/c1-7(10)9(11)8-5-3-2-4-6-8;1-2/h2-6,9,11H,1H3;1-2H3/t9-;/m0./s1. The number of hydrogen-bond acceptors (Lipinski definition) is 2. The quantitative estimate of drug-likeness (QED) is 0.758. The first-order chi connectivity index (χ1) is 6.22. The maximum atomic E-state index is 10.7. The molecule has 72 valence electrons. The van der Waals surface area contributed by atoms with Gasteiger partial charge in [0.25, 0.3) is 0 Å². The van der Waals surface area contributed by atoms with E-state index >= 15 is 0 Å². The SMILES string of the molecule is CC.CC(=O)[C@H](O)c1ccccc1. The van der Waals surface area contributed by atoms with Gasteiger partial charge in [-0.15, -0.1) is 0 Å². The van der Waals surface area contributed by atoms with Gasteiger partial charge in [0.15, 0.2) is 5.78 Å². The Balaban J connectivity index is 0.000000671. The Morgan fingerprint density at radius 1 is 1.23 bits per heavy atom. The van der Waals surface area contributed by atoms with E-state index in [4.69, 9.17) is 0 Å². The maximum Gasteiger partial charge on any atom is 0.162 e. The predicted octanol–water partition coefficient (Wildman–Crippen LogP) is 2.34. The summed E-state index contributed by atoms with van der Waals surface area (Å²) >= 11 is 0. The van der Waals surface area contributed by atoms with Gasteiger partial charge in [-0.3, -0.25) is 4.79 Å². The van der Waals surface area contributed by atoms with Gasteiger partial charge < -0.3 is 5.11 Å². The average Bonchev–Trinajstić information content (AvgIpc) is 2.21. The number of aliphatic hydroxyl groups excluding tert-OH is 1. The summed E-state index contributed by atoms with van der Waals surface area (Å²) in [4.78, 5) is 10.7. The zero-order chi connectivity index (χ0) is 10.3. The highest BCUT2D eigenvalue weighted by Crippen LogP contribution is 2.11. The Morgan fingerprint density at radius 2 is 1.69 bits per heavy atom. The highest BCUT2D eigenvalue weighted by atomic mass is 16.3. The minimum Gasteiger partial charge on any atom is -0.381 e. The van der Waals surface area contributed by atoms with E-state index in [1.807, 2.05) is 19.9 Å². The average molecular weight is 180 g/mol. The van der Waals surface area contributed by atoms with Crippen LogP contribution < -0.4 is 0 Å². The van der Waals surface area contributed by atoms with Gasteiger partial charge in [-0.25, -0.2) is 0 Å². The molecule has 0 aliphatic rings. The number of benzene rings is 1. The van der Waals surface area contributed by atoms with Crippen LogP contribution in [0, 0.1) is 0 Å². The van der Waals surface area contributed by atoms with Crippen molar-refractivity contribution in [1.82, 2.24) is 0 Å². The number of hydrogen-bond donors (Lipinski definition) is 1. The van der Waals surface area contributed by atoms with E-state index in [2.05, 4.69) is 0 Å². The zero-order valence-corrected chi connectivity index (χ0v) is 8.32. The molecule has 0 fully saturated rings. The smallest absolute Gasteiger partial charge is 0.162 e. The van der Waals surface area contributed by atoms with Gasteiger partial charge in [-0.2, -0.15) is 0 Å². The Kier molecular flexibility index (Phi) is 5.81. The molecule has 0 saturated carbocycles. The molecule has 0 bridgehead atoms. The van der Waals surface area contributed by atoms with Crippen molar-refractivity contribution in [2.75, 3.05) is 0 Å². The summed E-state index contributed by atoms with van der Waals surface area (Å²) in [6.45, 7) is 5.37. The van der Waals surface area contributed by atoms with Gasteiger partial charge >= 0.3 is 0 Å². The molecule has 0 amide bonds. The summed E-state index contributed by atoms with van der Waals surface area (Å²) in [7, 11) is 0. The molecule has 0 saturated heterocycles. The van der Waals surface area contributed by atoms with Crippen LogP contribution in [-0.2, 0) is 4.79 Å². The van der Waals surface area contributed by atoms with Crippen LogP contribution in [0.4, 0.5) is 0 Å². The van der Waals surface area contributed by atoms with E-state index in [9.17, 15) is 9.90 Å². The third kappa shape index (κ3) is 3.85. The van der Waals surface area contributed by atoms with Crippen molar-refractivity contribution in [1.29, 1.82) is 0 Å². The lowest BCUT2D eigenvalue weighted by Crippen LogP contribution is -2.06. The van der Waals surface area contributed by atoms with Crippen molar-refractivity contribution < 1.29 is 9.90 Å². The van der Waals surface area contributed by atoms with Gasteiger partial charge in [-0.05, 0) is 12.5 Å². The Morgan fingerprint density at radius 3 is 2.08 bits per heavy atom. The number of ketones is 1. The van der Waals surface area contributed by atoms with Crippen molar-refractivity contribution in [3.8, 4) is 0 Å². The molecule has 0 unspecified atom stereocenters. The third-order valence-corrected chi connectivity index (χ3v) is 1.50. The van der Waals surface area contributed by atoms with Gasteiger partial charge in [0.1, 0.15) is 6.10 Å². The molecular formula is C11H16O2. The van der Waals surface area contributed by atoms with Crippen LogP contribution in [-0.4, -0.2) is 10.9 Å². The van der Waals surface area contributed by atoms with E-state index in [-0.39, 0.29) is 5.78 Å². The number of carbonyl (C=O) groups excluding carboxylic acids is 1. The van der Waals surface area contributed by atoms with Crippen LogP contribution in [0.25, 0.3) is 0 Å². The number of carbonyl (C=O) groups is 1. The second-order valence-electron chi connectivity index (χ2n) is 2.42. The first-order valence-electron chi connectivity index (χ1n) is 4.45. The zero-order valence-electron chi connectivity index (χ0n) is 8.32. The summed E-state index contributed by atoms with van der Waals surface area (Å²) < 4.78 is 0. The molecule has 0 radical (unpaired) electrons. The van der Waals surface area contributed by atoms with E-state index in [1.54, 1.807) is 24.3 Å². The normalized spacial score (nSPS) is 11.1. The highest BCUT2D eigenvalue weighted by Gasteiger charge is 2.10. The summed E-state index contributed by atoms with van der Waals surface area (Å²) in [6.07, 6.45) is -0.962.